The zero-order valence-electron chi connectivity index (χ0n) is 13.8. The molecule has 0 spiro atoms. The molecule has 1 saturated carbocycles. The van der Waals surface area contributed by atoms with Gasteiger partial charge in [0.15, 0.2) is 0 Å². The third-order valence-corrected chi connectivity index (χ3v) is 4.72. The average molecular weight is 344 g/mol. The lowest BCUT2D eigenvalue weighted by molar-refractivity contribution is -0.384. The van der Waals surface area contributed by atoms with Gasteiger partial charge in [-0.15, -0.1) is 0 Å². The standard InChI is InChI=1S/C17H20N4O4/c22-21(23)15-3-1-13(2-4-15)17-18-16(25-19-17)10-20(14-5-6-14)9-12-7-8-24-11-12/h1-4,12,14H,5-11H2/t12-/m1/s1. The fraction of sp³-hybridized carbons (Fsp3) is 0.529. The van der Waals surface area contributed by atoms with Crippen molar-refractivity contribution < 1.29 is 14.2 Å². The molecule has 1 aromatic heterocycles. The molecule has 1 saturated heterocycles. The van der Waals surface area contributed by atoms with Crippen LogP contribution in [0.2, 0.25) is 0 Å². The fourth-order valence-corrected chi connectivity index (χ4v) is 3.18. The van der Waals surface area contributed by atoms with Gasteiger partial charge < -0.3 is 9.26 Å². The van der Waals surface area contributed by atoms with Crippen molar-refractivity contribution >= 4 is 5.69 Å². The first-order valence-corrected chi connectivity index (χ1v) is 8.58. The zero-order chi connectivity index (χ0) is 17.2. The molecule has 0 radical (unpaired) electrons. The van der Waals surface area contributed by atoms with E-state index >= 15 is 0 Å². The van der Waals surface area contributed by atoms with E-state index in [1.165, 1.54) is 25.0 Å². The van der Waals surface area contributed by atoms with Gasteiger partial charge >= 0.3 is 0 Å². The smallest absolute Gasteiger partial charge is 0.269 e. The van der Waals surface area contributed by atoms with E-state index in [-0.39, 0.29) is 5.69 Å². The predicted octanol–water partition coefficient (Wildman–Crippen LogP) is 2.65. The van der Waals surface area contributed by atoms with Gasteiger partial charge in [-0.3, -0.25) is 15.0 Å². The van der Waals surface area contributed by atoms with Crippen molar-refractivity contribution in [1.82, 2.24) is 15.0 Å². The summed E-state index contributed by atoms with van der Waals surface area (Å²) in [5, 5.41) is 14.7. The van der Waals surface area contributed by atoms with Gasteiger partial charge in [0, 0.05) is 36.9 Å². The summed E-state index contributed by atoms with van der Waals surface area (Å²) < 4.78 is 10.9. The Morgan fingerprint density at radius 1 is 1.24 bits per heavy atom. The average Bonchev–Trinajstić information content (AvgIpc) is 3.14. The largest absolute Gasteiger partial charge is 0.381 e. The number of rotatable bonds is 7. The molecule has 0 amide bonds. The van der Waals surface area contributed by atoms with Crippen molar-refractivity contribution in [2.45, 2.75) is 31.8 Å². The van der Waals surface area contributed by atoms with Crippen molar-refractivity contribution in [3.05, 3.63) is 40.3 Å². The molecule has 2 heterocycles. The van der Waals surface area contributed by atoms with Gasteiger partial charge in [-0.2, -0.15) is 4.98 Å². The Bertz CT molecular complexity index is 735. The van der Waals surface area contributed by atoms with Crippen LogP contribution in [0, 0.1) is 16.0 Å². The molecule has 8 heteroatoms. The quantitative estimate of drug-likeness (QED) is 0.563. The van der Waals surface area contributed by atoms with Crippen LogP contribution in [0.5, 0.6) is 0 Å². The van der Waals surface area contributed by atoms with E-state index in [0.717, 1.165) is 26.2 Å². The Labute approximate surface area is 144 Å². The topological polar surface area (TPSA) is 94.5 Å². The number of benzene rings is 1. The van der Waals surface area contributed by atoms with E-state index in [2.05, 4.69) is 15.0 Å². The molecule has 0 bridgehead atoms. The van der Waals surface area contributed by atoms with Crippen LogP contribution in [0.15, 0.2) is 28.8 Å². The maximum atomic E-state index is 10.7. The molecule has 1 aliphatic heterocycles. The molecule has 1 atom stereocenters. The predicted molar refractivity (Wildman–Crippen MR) is 88.7 cm³/mol. The first kappa shape index (κ1) is 16.2. The molecule has 8 nitrogen and oxygen atoms in total. The summed E-state index contributed by atoms with van der Waals surface area (Å²) in [6.45, 7) is 3.33. The third kappa shape index (κ3) is 3.85. The number of hydrogen-bond donors (Lipinski definition) is 0. The summed E-state index contributed by atoms with van der Waals surface area (Å²) in [5.41, 5.74) is 0.758. The van der Waals surface area contributed by atoms with E-state index in [1.807, 2.05) is 0 Å². The number of ether oxygens (including phenoxy) is 1. The Morgan fingerprint density at radius 2 is 2.04 bits per heavy atom. The molecule has 1 aromatic carbocycles. The first-order chi connectivity index (χ1) is 12.2. The van der Waals surface area contributed by atoms with Crippen molar-refractivity contribution in [2.75, 3.05) is 19.8 Å². The van der Waals surface area contributed by atoms with Crippen LogP contribution < -0.4 is 0 Å². The summed E-state index contributed by atoms with van der Waals surface area (Å²) >= 11 is 0. The summed E-state index contributed by atoms with van der Waals surface area (Å²) in [6, 6.07) is 6.78. The molecule has 0 N–H and O–H groups in total. The lowest BCUT2D eigenvalue weighted by atomic mass is 10.1. The van der Waals surface area contributed by atoms with Gasteiger partial charge in [-0.25, -0.2) is 0 Å². The van der Waals surface area contributed by atoms with Crippen molar-refractivity contribution in [2.24, 2.45) is 5.92 Å². The van der Waals surface area contributed by atoms with Crippen LogP contribution >= 0.6 is 0 Å². The molecular weight excluding hydrogens is 324 g/mol. The number of nitro groups is 1. The molecule has 2 fully saturated rings. The molecular formula is C17H20N4O4. The molecule has 132 valence electrons. The minimum atomic E-state index is -0.425. The van der Waals surface area contributed by atoms with Gasteiger partial charge in [0.2, 0.25) is 11.7 Å². The number of non-ortho nitro benzene ring substituents is 1. The van der Waals surface area contributed by atoms with Crippen molar-refractivity contribution in [3.8, 4) is 11.4 Å². The third-order valence-electron chi connectivity index (χ3n) is 4.72. The van der Waals surface area contributed by atoms with Crippen LogP contribution in [0.3, 0.4) is 0 Å². The monoisotopic (exact) mass is 344 g/mol. The van der Waals surface area contributed by atoms with Crippen LogP contribution in [-0.2, 0) is 11.3 Å². The minimum absolute atomic E-state index is 0.0474. The highest BCUT2D eigenvalue weighted by molar-refractivity contribution is 5.56. The molecule has 1 aliphatic carbocycles. The highest BCUT2D eigenvalue weighted by Crippen LogP contribution is 2.30. The van der Waals surface area contributed by atoms with Crippen molar-refractivity contribution in [3.63, 3.8) is 0 Å². The van der Waals surface area contributed by atoms with Gasteiger partial charge in [0.05, 0.1) is 18.1 Å². The summed E-state index contributed by atoms with van der Waals surface area (Å²) in [5.74, 6) is 1.63. The van der Waals surface area contributed by atoms with Crippen LogP contribution in [0.4, 0.5) is 5.69 Å². The van der Waals surface area contributed by atoms with E-state index in [0.29, 0.717) is 35.8 Å². The van der Waals surface area contributed by atoms with E-state index in [9.17, 15) is 10.1 Å². The normalized spacial score (nSPS) is 20.3. The SMILES string of the molecule is O=[N+]([O-])c1ccc(-c2noc(CN(C[C@H]3CCOC3)C3CC3)n2)cc1. The van der Waals surface area contributed by atoms with Crippen molar-refractivity contribution in [1.29, 1.82) is 0 Å². The number of nitrogens with zero attached hydrogens (tertiary/aromatic N) is 4. The lowest BCUT2D eigenvalue weighted by Crippen LogP contribution is -2.31. The molecule has 2 aliphatic rings. The highest BCUT2D eigenvalue weighted by Gasteiger charge is 2.32. The molecule has 25 heavy (non-hydrogen) atoms. The minimum Gasteiger partial charge on any atom is -0.381 e. The Morgan fingerprint density at radius 3 is 2.68 bits per heavy atom. The highest BCUT2D eigenvalue weighted by atomic mass is 16.6. The van der Waals surface area contributed by atoms with Crippen LogP contribution in [0.25, 0.3) is 11.4 Å². The second-order valence-corrected chi connectivity index (χ2v) is 6.71. The fourth-order valence-electron chi connectivity index (χ4n) is 3.18. The molecule has 4 rings (SSSR count). The van der Waals surface area contributed by atoms with E-state index in [4.69, 9.17) is 9.26 Å². The van der Waals surface area contributed by atoms with E-state index < -0.39 is 4.92 Å². The van der Waals surface area contributed by atoms with Gasteiger partial charge in [0.25, 0.3) is 5.69 Å². The maximum absolute atomic E-state index is 10.7. The molecule has 2 aromatic rings. The van der Waals surface area contributed by atoms with Crippen LogP contribution in [-0.4, -0.2) is 45.8 Å². The van der Waals surface area contributed by atoms with Gasteiger partial charge in [-0.05, 0) is 37.3 Å². The van der Waals surface area contributed by atoms with E-state index in [1.54, 1.807) is 12.1 Å². The number of hydrogen-bond acceptors (Lipinski definition) is 7. The summed E-state index contributed by atoms with van der Waals surface area (Å²) in [4.78, 5) is 17.2. The maximum Gasteiger partial charge on any atom is 0.269 e. The van der Waals surface area contributed by atoms with Gasteiger partial charge in [-0.1, -0.05) is 5.16 Å². The Balaban J connectivity index is 1.43. The molecule has 0 unspecified atom stereocenters. The first-order valence-electron chi connectivity index (χ1n) is 8.58. The summed E-state index contributed by atoms with van der Waals surface area (Å²) in [7, 11) is 0. The van der Waals surface area contributed by atoms with Crippen LogP contribution in [0.1, 0.15) is 25.2 Å². The Hall–Kier alpha value is -2.32. The number of nitro benzene ring substituents is 1. The summed E-state index contributed by atoms with van der Waals surface area (Å²) in [6.07, 6.45) is 3.55. The zero-order valence-corrected chi connectivity index (χ0v) is 13.8. The number of aromatic nitrogens is 2. The lowest BCUT2D eigenvalue weighted by Gasteiger charge is -2.22. The van der Waals surface area contributed by atoms with Gasteiger partial charge in [0.1, 0.15) is 0 Å². The Kier molecular flexibility index (Phi) is 4.46. The second kappa shape index (κ2) is 6.89. The second-order valence-electron chi connectivity index (χ2n) is 6.71.